The molecule has 1 N–H and O–H groups in total. The number of hydrogen-bond donors (Lipinski definition) is 1. The molecule has 0 amide bonds. The third-order valence-corrected chi connectivity index (χ3v) is 6.29. The Morgan fingerprint density at radius 1 is 0.970 bits per heavy atom. The van der Waals surface area contributed by atoms with Crippen LogP contribution < -0.4 is 15.0 Å². The van der Waals surface area contributed by atoms with Crippen molar-refractivity contribution in [3.63, 3.8) is 0 Å². The Hall–Kier alpha value is -4.05. The monoisotopic (exact) mass is 445 g/mol. The number of aromatic nitrogens is 4. The van der Waals surface area contributed by atoms with Crippen molar-refractivity contribution < 1.29 is 19.6 Å². The van der Waals surface area contributed by atoms with Gasteiger partial charge in [0.2, 0.25) is 0 Å². The lowest BCUT2D eigenvalue weighted by Crippen LogP contribution is -2.49. The van der Waals surface area contributed by atoms with Crippen molar-refractivity contribution in [2.75, 3.05) is 37.6 Å². The van der Waals surface area contributed by atoms with Crippen LogP contribution in [-0.4, -0.2) is 57.5 Å². The van der Waals surface area contributed by atoms with E-state index in [4.69, 9.17) is 4.42 Å². The third kappa shape index (κ3) is 3.18. The average molecular weight is 445 g/mol. The van der Waals surface area contributed by atoms with Gasteiger partial charge in [-0.15, -0.1) is 4.68 Å². The van der Waals surface area contributed by atoms with Crippen LogP contribution in [0.4, 0.5) is 6.01 Å². The molecule has 10 nitrogen and oxygen atoms in total. The first-order chi connectivity index (χ1) is 16.1. The highest BCUT2D eigenvalue weighted by molar-refractivity contribution is 6.07. The van der Waals surface area contributed by atoms with Crippen LogP contribution in [0.5, 0.6) is 11.5 Å². The van der Waals surface area contributed by atoms with Gasteiger partial charge in [0.05, 0.1) is 6.54 Å². The van der Waals surface area contributed by atoms with Gasteiger partial charge in [0, 0.05) is 48.2 Å². The minimum Gasteiger partial charge on any atom is -0.870 e. The number of phenolic OH excluding ortho intramolecular Hbond substituents is 1. The molecule has 3 heterocycles. The van der Waals surface area contributed by atoms with Crippen LogP contribution in [0.2, 0.25) is 0 Å². The van der Waals surface area contributed by atoms with Gasteiger partial charge in [0.15, 0.2) is 22.4 Å². The van der Waals surface area contributed by atoms with Gasteiger partial charge in [0.1, 0.15) is 5.52 Å². The molecule has 0 bridgehead atoms. The van der Waals surface area contributed by atoms with Crippen LogP contribution >= 0.6 is 0 Å². The molecule has 5 aromatic rings. The number of oxazole rings is 1. The number of nitrogens with zero attached hydrogens (tertiary/aromatic N) is 6. The summed E-state index contributed by atoms with van der Waals surface area (Å²) in [6.07, 6.45) is 0. The highest BCUT2D eigenvalue weighted by atomic mass is 16.5. The molecule has 10 heteroatoms. The maximum absolute atomic E-state index is 12.8. The summed E-state index contributed by atoms with van der Waals surface area (Å²) >= 11 is 0. The van der Waals surface area contributed by atoms with Crippen LogP contribution in [0.15, 0.2) is 52.9 Å². The molecule has 0 saturated carbocycles. The van der Waals surface area contributed by atoms with Crippen molar-refractivity contribution in [1.29, 1.82) is 0 Å². The van der Waals surface area contributed by atoms with Crippen molar-refractivity contribution in [2.45, 2.75) is 6.54 Å². The summed E-state index contributed by atoms with van der Waals surface area (Å²) in [5.74, 6) is -0.447. The molecule has 1 aliphatic heterocycles. The molecule has 33 heavy (non-hydrogen) atoms. The Bertz CT molecular complexity index is 1450. The summed E-state index contributed by atoms with van der Waals surface area (Å²) in [7, 11) is 0. The molecule has 1 fully saturated rings. The fraction of sp³-hybridized carbons (Fsp3) is 0.261. The molecule has 6 rings (SSSR count). The number of piperazine rings is 1. The summed E-state index contributed by atoms with van der Waals surface area (Å²) in [4.78, 5) is 9.30. The minimum absolute atomic E-state index is 0.0121. The van der Waals surface area contributed by atoms with Crippen LogP contribution in [0.25, 0.3) is 32.9 Å². The molecule has 0 atom stereocenters. The molecule has 0 radical (unpaired) electrons. The maximum Gasteiger partial charge on any atom is 0.298 e. The van der Waals surface area contributed by atoms with Gasteiger partial charge in [-0.3, -0.25) is 4.90 Å². The van der Waals surface area contributed by atoms with Gasteiger partial charge >= 0.3 is 0 Å². The van der Waals surface area contributed by atoms with Crippen molar-refractivity contribution in [3.05, 3.63) is 53.7 Å². The van der Waals surface area contributed by atoms with Gasteiger partial charge in [-0.2, -0.15) is 4.98 Å². The number of para-hydroxylation sites is 2. The Morgan fingerprint density at radius 3 is 2.48 bits per heavy atom. The smallest absolute Gasteiger partial charge is 0.298 e. The number of benzene rings is 3. The number of fused-ring (bicyclic) bond motifs is 3. The van der Waals surface area contributed by atoms with E-state index >= 15 is 0 Å². The molecule has 0 unspecified atom stereocenters. The molecule has 0 spiro atoms. The van der Waals surface area contributed by atoms with Crippen molar-refractivity contribution >= 4 is 38.9 Å². The number of hydrogen-bond acceptors (Lipinski definition) is 8. The van der Waals surface area contributed by atoms with E-state index in [9.17, 15) is 15.4 Å². The topological polar surface area (TPSA) is 121 Å². The predicted octanol–water partition coefficient (Wildman–Crippen LogP) is 1.57. The first-order valence-corrected chi connectivity index (χ1v) is 10.8. The highest BCUT2D eigenvalue weighted by Gasteiger charge is 2.24. The largest absolute Gasteiger partial charge is 0.870 e. The summed E-state index contributed by atoms with van der Waals surface area (Å²) in [5, 5.41) is 40.7. The molecular weight excluding hydrogens is 424 g/mol. The molecular formula is C23H21N6O4-. The van der Waals surface area contributed by atoms with Gasteiger partial charge in [-0.05, 0) is 17.5 Å². The van der Waals surface area contributed by atoms with Gasteiger partial charge in [-0.25, -0.2) is 0 Å². The fourth-order valence-electron chi connectivity index (χ4n) is 4.52. The first-order valence-electron chi connectivity index (χ1n) is 10.8. The SMILES string of the molecule is [O-]c1c2ccccc2c(O)c2c1n[n+]([O-])n2CCN1CCN(c2nc3ccccc3o2)CC1. The zero-order chi connectivity index (χ0) is 22.5. The van der Waals surface area contributed by atoms with Crippen LogP contribution in [-0.2, 0) is 6.54 Å². The molecule has 1 saturated heterocycles. The highest BCUT2D eigenvalue weighted by Crippen LogP contribution is 2.38. The Labute approximate surface area is 188 Å². The van der Waals surface area contributed by atoms with E-state index in [0.29, 0.717) is 34.8 Å². The van der Waals surface area contributed by atoms with Crippen LogP contribution in [0.3, 0.4) is 0 Å². The normalized spacial score (nSPS) is 15.2. The van der Waals surface area contributed by atoms with Crippen LogP contribution in [0.1, 0.15) is 0 Å². The molecule has 1 aliphatic rings. The minimum atomic E-state index is -0.353. The maximum atomic E-state index is 12.8. The fourth-order valence-corrected chi connectivity index (χ4v) is 4.52. The number of phenols is 1. The zero-order valence-electron chi connectivity index (χ0n) is 17.7. The van der Waals surface area contributed by atoms with E-state index < -0.39 is 0 Å². The number of rotatable bonds is 4. The number of anilines is 1. The zero-order valence-corrected chi connectivity index (χ0v) is 17.7. The lowest BCUT2D eigenvalue weighted by Gasteiger charge is -2.33. The van der Waals surface area contributed by atoms with E-state index in [2.05, 4.69) is 19.9 Å². The first kappa shape index (κ1) is 19.6. The van der Waals surface area contributed by atoms with E-state index in [1.807, 2.05) is 24.3 Å². The van der Waals surface area contributed by atoms with Crippen molar-refractivity contribution in [3.8, 4) is 11.5 Å². The Kier molecular flexibility index (Phi) is 4.47. The number of aromatic hydroxyl groups is 1. The van der Waals surface area contributed by atoms with Crippen LogP contribution in [0, 0.1) is 5.21 Å². The lowest BCUT2D eigenvalue weighted by molar-refractivity contribution is -0.746. The molecule has 168 valence electrons. The van der Waals surface area contributed by atoms with Gasteiger partial charge < -0.3 is 24.7 Å². The summed E-state index contributed by atoms with van der Waals surface area (Å²) in [6.45, 7) is 3.91. The lowest BCUT2D eigenvalue weighted by atomic mass is 10.1. The van der Waals surface area contributed by atoms with E-state index in [-0.39, 0.29) is 22.5 Å². The van der Waals surface area contributed by atoms with Gasteiger partial charge in [0.25, 0.3) is 6.01 Å². The Morgan fingerprint density at radius 2 is 1.70 bits per heavy atom. The quantitative estimate of drug-likeness (QED) is 0.327. The Balaban J connectivity index is 1.19. The third-order valence-electron chi connectivity index (χ3n) is 6.29. The second kappa shape index (κ2) is 7.52. The second-order valence-corrected chi connectivity index (χ2v) is 8.19. The molecule has 3 aromatic carbocycles. The molecule has 2 aromatic heterocycles. The average Bonchev–Trinajstić information content (AvgIpc) is 3.43. The van der Waals surface area contributed by atoms with Crippen molar-refractivity contribution in [1.82, 2.24) is 19.7 Å². The van der Waals surface area contributed by atoms with E-state index in [1.54, 1.807) is 24.3 Å². The van der Waals surface area contributed by atoms with E-state index in [1.165, 1.54) is 4.68 Å². The standard InChI is InChI=1S/C23H22N6O4/c30-21-15-5-1-2-6-16(15)22(31)20-19(21)25-29(32)28(20)14-11-26-9-12-27(13-10-26)23-24-17-7-3-4-8-18(17)33-23/h1-8,30-31H,9-14H2/p-1. The molecule has 0 aliphatic carbocycles. The van der Waals surface area contributed by atoms with E-state index in [0.717, 1.165) is 37.3 Å². The van der Waals surface area contributed by atoms with Crippen molar-refractivity contribution in [2.24, 2.45) is 0 Å². The summed E-state index contributed by atoms with van der Waals surface area (Å²) in [5.41, 5.74) is 1.78. The van der Waals surface area contributed by atoms with Gasteiger partial charge in [-0.1, -0.05) is 42.1 Å². The predicted molar refractivity (Wildman–Crippen MR) is 120 cm³/mol. The summed E-state index contributed by atoms with van der Waals surface area (Å²) in [6, 6.07) is 15.1. The second-order valence-electron chi connectivity index (χ2n) is 8.19. The summed E-state index contributed by atoms with van der Waals surface area (Å²) < 4.78 is 7.19.